The Hall–Kier alpha value is -2.40. The number of aryl methyl sites for hydroxylation is 1. The molecule has 1 aromatic carbocycles. The molecule has 2 aromatic rings. The van der Waals surface area contributed by atoms with Crippen LogP contribution in [0.3, 0.4) is 0 Å². The molecule has 1 aromatic heterocycles. The zero-order chi connectivity index (χ0) is 19.8. The topological polar surface area (TPSA) is 65.5 Å². The third kappa shape index (κ3) is 5.80. The van der Waals surface area contributed by atoms with Gasteiger partial charge in [-0.1, -0.05) is 37.3 Å². The number of amides is 1. The van der Waals surface area contributed by atoms with Crippen LogP contribution in [0.4, 0.5) is 5.82 Å². The van der Waals surface area contributed by atoms with E-state index in [2.05, 4.69) is 40.6 Å². The van der Waals surface area contributed by atoms with E-state index in [0.717, 1.165) is 32.4 Å². The highest BCUT2D eigenvalue weighted by Gasteiger charge is 2.23. The SMILES string of the molecule is CC[C@@H](O)CNc1ccc(C(=O)N2CCC(CCc3ccccc3)CC2)cn1. The van der Waals surface area contributed by atoms with E-state index in [9.17, 15) is 9.90 Å². The van der Waals surface area contributed by atoms with Crippen molar-refractivity contribution in [2.24, 2.45) is 5.92 Å². The van der Waals surface area contributed by atoms with Crippen molar-refractivity contribution in [1.29, 1.82) is 0 Å². The van der Waals surface area contributed by atoms with Gasteiger partial charge in [0, 0.05) is 25.8 Å². The number of pyridine rings is 1. The third-order valence-corrected chi connectivity index (χ3v) is 5.59. The molecule has 5 nitrogen and oxygen atoms in total. The zero-order valence-electron chi connectivity index (χ0n) is 16.7. The number of benzene rings is 1. The minimum atomic E-state index is -0.383. The maximum absolute atomic E-state index is 12.7. The largest absolute Gasteiger partial charge is 0.391 e. The van der Waals surface area contributed by atoms with Crippen LogP contribution in [0.15, 0.2) is 48.7 Å². The molecule has 1 amide bonds. The number of nitrogens with one attached hydrogen (secondary N) is 1. The van der Waals surface area contributed by atoms with E-state index in [1.165, 1.54) is 12.0 Å². The van der Waals surface area contributed by atoms with Gasteiger partial charge in [0.1, 0.15) is 5.82 Å². The van der Waals surface area contributed by atoms with Gasteiger partial charge < -0.3 is 15.3 Å². The molecule has 1 aliphatic rings. The second kappa shape index (κ2) is 10.2. The summed E-state index contributed by atoms with van der Waals surface area (Å²) in [5.74, 6) is 1.44. The molecule has 1 aliphatic heterocycles. The van der Waals surface area contributed by atoms with E-state index in [0.29, 0.717) is 30.3 Å². The van der Waals surface area contributed by atoms with Crippen molar-refractivity contribution in [3.8, 4) is 0 Å². The summed E-state index contributed by atoms with van der Waals surface area (Å²) in [6, 6.07) is 14.2. The van der Waals surface area contributed by atoms with Crippen LogP contribution in [0, 0.1) is 5.92 Å². The van der Waals surface area contributed by atoms with Gasteiger partial charge in [0.2, 0.25) is 0 Å². The van der Waals surface area contributed by atoms with Crippen LogP contribution in [0.2, 0.25) is 0 Å². The van der Waals surface area contributed by atoms with Crippen LogP contribution in [0.25, 0.3) is 0 Å². The zero-order valence-corrected chi connectivity index (χ0v) is 16.7. The van der Waals surface area contributed by atoms with Crippen LogP contribution in [0.5, 0.6) is 0 Å². The molecule has 0 bridgehead atoms. The van der Waals surface area contributed by atoms with Crippen LogP contribution < -0.4 is 5.32 Å². The summed E-state index contributed by atoms with van der Waals surface area (Å²) in [4.78, 5) is 19.0. The molecule has 0 aliphatic carbocycles. The number of anilines is 1. The molecule has 150 valence electrons. The van der Waals surface area contributed by atoms with Crippen LogP contribution >= 0.6 is 0 Å². The van der Waals surface area contributed by atoms with Crippen LogP contribution in [-0.2, 0) is 6.42 Å². The molecule has 3 rings (SSSR count). The number of nitrogens with zero attached hydrogens (tertiary/aromatic N) is 2. The lowest BCUT2D eigenvalue weighted by Crippen LogP contribution is -2.38. The summed E-state index contributed by atoms with van der Waals surface area (Å²) in [5.41, 5.74) is 2.02. The van der Waals surface area contributed by atoms with E-state index >= 15 is 0 Å². The van der Waals surface area contributed by atoms with Gasteiger partial charge in [-0.05, 0) is 55.7 Å². The third-order valence-electron chi connectivity index (χ3n) is 5.59. The molecular weight excluding hydrogens is 350 g/mol. The molecule has 2 N–H and O–H groups in total. The fraction of sp³-hybridized carbons (Fsp3) is 0.478. The second-order valence-electron chi connectivity index (χ2n) is 7.63. The smallest absolute Gasteiger partial charge is 0.255 e. The number of piperidine rings is 1. The normalized spacial score (nSPS) is 16.0. The molecule has 5 heteroatoms. The van der Waals surface area contributed by atoms with E-state index < -0.39 is 0 Å². The molecule has 0 spiro atoms. The van der Waals surface area contributed by atoms with Gasteiger partial charge >= 0.3 is 0 Å². The Balaban J connectivity index is 1.44. The Morgan fingerprint density at radius 1 is 1.21 bits per heavy atom. The van der Waals surface area contributed by atoms with E-state index in [-0.39, 0.29) is 12.0 Å². The Morgan fingerprint density at radius 2 is 1.96 bits per heavy atom. The Bertz CT molecular complexity index is 725. The van der Waals surface area contributed by atoms with E-state index in [1.54, 1.807) is 6.20 Å². The second-order valence-corrected chi connectivity index (χ2v) is 7.63. The number of carbonyl (C=O) groups excluding carboxylic acids is 1. The van der Waals surface area contributed by atoms with Gasteiger partial charge in [0.05, 0.1) is 11.7 Å². The van der Waals surface area contributed by atoms with Gasteiger partial charge in [0.25, 0.3) is 5.91 Å². The predicted octanol–water partition coefficient (Wildman–Crippen LogP) is 3.75. The summed E-state index contributed by atoms with van der Waals surface area (Å²) < 4.78 is 0. The number of hydrogen-bond donors (Lipinski definition) is 2. The van der Waals surface area contributed by atoms with Crippen LogP contribution in [-0.4, -0.2) is 46.6 Å². The van der Waals surface area contributed by atoms with Crippen molar-refractivity contribution in [1.82, 2.24) is 9.88 Å². The molecule has 0 radical (unpaired) electrons. The summed E-state index contributed by atoms with van der Waals surface area (Å²) in [7, 11) is 0. The molecule has 0 unspecified atom stereocenters. The van der Waals surface area contributed by atoms with Crippen molar-refractivity contribution >= 4 is 11.7 Å². The summed E-state index contributed by atoms with van der Waals surface area (Å²) in [6.07, 6.45) is 6.39. The number of hydrogen-bond acceptors (Lipinski definition) is 4. The van der Waals surface area contributed by atoms with E-state index in [4.69, 9.17) is 0 Å². The molecule has 1 atom stereocenters. The van der Waals surface area contributed by atoms with Gasteiger partial charge in [0.15, 0.2) is 0 Å². The minimum absolute atomic E-state index is 0.0640. The fourth-order valence-electron chi connectivity index (χ4n) is 3.61. The van der Waals surface area contributed by atoms with Crippen molar-refractivity contribution in [3.63, 3.8) is 0 Å². The highest BCUT2D eigenvalue weighted by Crippen LogP contribution is 2.23. The molecular formula is C23H31N3O2. The van der Waals surface area contributed by atoms with Gasteiger partial charge in [-0.2, -0.15) is 0 Å². The highest BCUT2D eigenvalue weighted by atomic mass is 16.3. The number of rotatable bonds is 8. The van der Waals surface area contributed by atoms with Crippen molar-refractivity contribution < 1.29 is 9.90 Å². The molecule has 1 fully saturated rings. The monoisotopic (exact) mass is 381 g/mol. The van der Waals surface area contributed by atoms with Gasteiger partial charge in [-0.25, -0.2) is 4.98 Å². The van der Waals surface area contributed by atoms with Gasteiger partial charge in [-0.15, -0.1) is 0 Å². The first-order chi connectivity index (χ1) is 13.7. The Kier molecular flexibility index (Phi) is 7.43. The lowest BCUT2D eigenvalue weighted by atomic mass is 9.90. The van der Waals surface area contributed by atoms with Crippen molar-refractivity contribution in [2.45, 2.75) is 45.1 Å². The number of aliphatic hydroxyl groups excluding tert-OH is 1. The summed E-state index contributed by atoms with van der Waals surface area (Å²) in [6.45, 7) is 4.04. The van der Waals surface area contributed by atoms with Crippen molar-refractivity contribution in [2.75, 3.05) is 25.0 Å². The predicted molar refractivity (Wildman–Crippen MR) is 112 cm³/mol. The number of aromatic nitrogens is 1. The number of carbonyl (C=O) groups is 1. The highest BCUT2D eigenvalue weighted by molar-refractivity contribution is 5.94. The van der Waals surface area contributed by atoms with E-state index in [1.807, 2.05) is 24.0 Å². The first-order valence-corrected chi connectivity index (χ1v) is 10.4. The van der Waals surface area contributed by atoms with Crippen LogP contribution in [0.1, 0.15) is 48.5 Å². The lowest BCUT2D eigenvalue weighted by Gasteiger charge is -2.32. The minimum Gasteiger partial charge on any atom is -0.391 e. The molecule has 2 heterocycles. The lowest BCUT2D eigenvalue weighted by molar-refractivity contribution is 0.0686. The molecule has 1 saturated heterocycles. The first kappa shape index (κ1) is 20.3. The summed E-state index contributed by atoms with van der Waals surface area (Å²) >= 11 is 0. The standard InChI is InChI=1S/C23H31N3O2/c1-2-21(27)17-25-22-11-10-20(16-24-22)23(28)26-14-12-19(13-15-26)9-8-18-6-4-3-5-7-18/h3-7,10-11,16,19,21,27H,2,8-9,12-15,17H2,1H3,(H,24,25)/t21-/m1/s1. The first-order valence-electron chi connectivity index (χ1n) is 10.4. The Morgan fingerprint density at radius 3 is 2.61 bits per heavy atom. The quantitative estimate of drug-likeness (QED) is 0.731. The average Bonchev–Trinajstić information content (AvgIpc) is 2.77. The summed E-state index contributed by atoms with van der Waals surface area (Å²) in [5, 5.41) is 12.7. The molecule has 0 saturated carbocycles. The fourth-order valence-corrected chi connectivity index (χ4v) is 3.61. The van der Waals surface area contributed by atoms with Crippen molar-refractivity contribution in [3.05, 3.63) is 59.8 Å². The Labute approximate surface area is 167 Å². The maximum atomic E-state index is 12.7. The number of likely N-dealkylation sites (tertiary alicyclic amines) is 1. The maximum Gasteiger partial charge on any atom is 0.255 e. The van der Waals surface area contributed by atoms with Gasteiger partial charge in [-0.3, -0.25) is 4.79 Å². The number of aliphatic hydroxyl groups is 1. The molecule has 28 heavy (non-hydrogen) atoms. The average molecular weight is 382 g/mol.